The van der Waals surface area contributed by atoms with Crippen molar-refractivity contribution in [2.24, 2.45) is 0 Å². The minimum Gasteiger partial charge on any atom is -0.280 e. The first-order chi connectivity index (χ1) is 5.33. The van der Waals surface area contributed by atoms with Gasteiger partial charge in [0.25, 0.3) is 0 Å². The summed E-state index contributed by atoms with van der Waals surface area (Å²) in [5.41, 5.74) is 0. The Hall–Kier alpha value is 1.47. The molecule has 0 atom stereocenters. The summed E-state index contributed by atoms with van der Waals surface area (Å²) < 4.78 is 0. The molecule has 0 rings (SSSR count). The van der Waals surface area contributed by atoms with Gasteiger partial charge in [-0.25, -0.2) is 0 Å². The molecule has 0 aromatic rings. The second-order valence-electron chi connectivity index (χ2n) is 2.09. The fraction of sp³-hybridized carbons (Fsp3) is 0.625. The average molecular weight is 295 g/mol. The van der Waals surface area contributed by atoms with E-state index in [-0.39, 0.29) is 16.0 Å². The topological polar surface area (TPSA) is 0 Å². The summed E-state index contributed by atoms with van der Waals surface area (Å²) in [4.78, 5) is 0. The highest BCUT2D eigenvalue weighted by molar-refractivity contribution is 9.47. The summed E-state index contributed by atoms with van der Waals surface area (Å²) in [7, 11) is 0. The molecule has 0 heterocycles. The maximum Gasteiger partial charge on any atom is 0.560 e. The molecule has 0 aliphatic heterocycles. The molecule has 0 N–H and O–H groups in total. The highest BCUT2D eigenvalue weighted by Crippen LogP contribution is 2.01. The molecule has 0 aromatic carbocycles. The molecule has 0 aliphatic rings. The van der Waals surface area contributed by atoms with Crippen LogP contribution >= 0.6 is 25.8 Å². The summed E-state index contributed by atoms with van der Waals surface area (Å²) in [6.07, 6.45) is 8.10. The molecule has 0 amide bonds. The third-order valence-electron chi connectivity index (χ3n) is 1.16. The predicted molar refractivity (Wildman–Crippen MR) is 62.2 cm³/mol. The van der Waals surface area contributed by atoms with E-state index in [2.05, 4.69) is 39.3 Å². The third-order valence-corrected chi connectivity index (χ3v) is 1.16. The Bertz CT molecular complexity index is 67.1. The van der Waals surface area contributed by atoms with Gasteiger partial charge in [0.15, 0.2) is 0 Å². The number of hydrogen-bond donors (Lipinski definition) is 0. The summed E-state index contributed by atoms with van der Waals surface area (Å²) in [6.45, 7) is 7.40. The molecule has 1 radical (unpaired) electrons. The van der Waals surface area contributed by atoms with E-state index >= 15 is 0 Å². The predicted octanol–water partition coefficient (Wildman–Crippen LogP) is 4.27. The average Bonchev–Trinajstić information content (AvgIpc) is 2.00. The van der Waals surface area contributed by atoms with E-state index in [0.717, 1.165) is 6.42 Å². The lowest BCUT2D eigenvalue weighted by Gasteiger charge is -1.91. The van der Waals surface area contributed by atoms with Crippen LogP contribution in [-0.2, 0) is 0 Å². The molecule has 0 saturated heterocycles. The SMILES string of the molecule is [Br][Mg][Br].[CH2]CCCCCC=C. The van der Waals surface area contributed by atoms with Crippen LogP contribution in [0.2, 0.25) is 0 Å². The van der Waals surface area contributed by atoms with Crippen LogP contribution in [-0.4, -0.2) is 16.0 Å². The highest BCUT2D eigenvalue weighted by atomic mass is 79.9. The zero-order valence-electron chi connectivity index (χ0n) is 6.99. The molecule has 63 valence electrons. The molecule has 0 spiro atoms. The Kier molecular flexibility index (Phi) is 23.8. The second kappa shape index (κ2) is 17.5. The lowest BCUT2D eigenvalue weighted by molar-refractivity contribution is 0.695. The standard InChI is InChI=1S/C8H15.2BrH.Mg/c1-3-5-7-8-6-4-2;;;/h3H,1-2,4-8H2;2*1H;/q;;;+2/p-2. The summed E-state index contributed by atoms with van der Waals surface area (Å²) in [5, 5.41) is 0. The highest BCUT2D eigenvalue weighted by Gasteiger charge is 1.81. The molecule has 0 saturated carbocycles. The summed E-state index contributed by atoms with van der Waals surface area (Å²) in [6, 6.07) is 0. The molecule has 3 heteroatoms. The first kappa shape index (κ1) is 15.0. The first-order valence-electron chi connectivity index (χ1n) is 3.85. The van der Waals surface area contributed by atoms with Crippen molar-refractivity contribution >= 4 is 41.8 Å². The Morgan fingerprint density at radius 1 is 1.18 bits per heavy atom. The van der Waals surface area contributed by atoms with Crippen molar-refractivity contribution in [1.29, 1.82) is 0 Å². The molecule has 0 aromatic heterocycles. The smallest absolute Gasteiger partial charge is 0.280 e. The Morgan fingerprint density at radius 2 is 1.73 bits per heavy atom. The normalized spacial score (nSPS) is 7.55. The number of rotatable bonds is 5. The minimum atomic E-state index is 0.0417. The first-order valence-corrected chi connectivity index (χ1v) is 11.6. The lowest BCUT2D eigenvalue weighted by atomic mass is 10.2. The number of halogens is 2. The number of unbranched alkanes of at least 4 members (excludes halogenated alkanes) is 4. The molecular formula is C8H15Br2Mg. The van der Waals surface area contributed by atoms with E-state index in [1.54, 1.807) is 0 Å². The molecule has 0 nitrogen and oxygen atoms in total. The molecule has 0 unspecified atom stereocenters. The minimum absolute atomic E-state index is 0.0417. The van der Waals surface area contributed by atoms with Crippen LogP contribution < -0.4 is 0 Å². The van der Waals surface area contributed by atoms with Gasteiger partial charge in [-0.1, -0.05) is 32.3 Å². The number of allylic oxidation sites excluding steroid dienone is 1. The summed E-state index contributed by atoms with van der Waals surface area (Å²) >= 11 is 6.44. The van der Waals surface area contributed by atoms with Crippen LogP contribution in [0.15, 0.2) is 12.7 Å². The van der Waals surface area contributed by atoms with E-state index in [1.807, 2.05) is 6.08 Å². The van der Waals surface area contributed by atoms with Gasteiger partial charge in [0.1, 0.15) is 0 Å². The van der Waals surface area contributed by atoms with Gasteiger partial charge >= 0.3 is 16.0 Å². The zero-order chi connectivity index (χ0) is 8.95. The van der Waals surface area contributed by atoms with Crippen LogP contribution in [0.25, 0.3) is 0 Å². The van der Waals surface area contributed by atoms with Gasteiger partial charge in [-0.15, -0.1) is 6.58 Å². The van der Waals surface area contributed by atoms with Crippen molar-refractivity contribution in [2.45, 2.75) is 32.1 Å². The van der Waals surface area contributed by atoms with Crippen molar-refractivity contribution in [3.8, 4) is 0 Å². The Balaban J connectivity index is 0. The van der Waals surface area contributed by atoms with Gasteiger partial charge in [-0.2, -0.15) is 0 Å². The molecule has 0 bridgehead atoms. The van der Waals surface area contributed by atoms with Gasteiger partial charge in [-0.05, 0) is 12.8 Å². The van der Waals surface area contributed by atoms with Gasteiger partial charge in [0, 0.05) is 0 Å². The zero-order valence-corrected chi connectivity index (χ0v) is 11.6. The summed E-state index contributed by atoms with van der Waals surface area (Å²) in [5.74, 6) is 0. The second-order valence-corrected chi connectivity index (χ2v) is 10.2. The van der Waals surface area contributed by atoms with E-state index in [9.17, 15) is 0 Å². The van der Waals surface area contributed by atoms with Crippen molar-refractivity contribution < 1.29 is 0 Å². The molecular weight excluding hydrogens is 280 g/mol. The van der Waals surface area contributed by atoms with Crippen molar-refractivity contribution in [3.63, 3.8) is 0 Å². The molecule has 0 aliphatic carbocycles. The van der Waals surface area contributed by atoms with E-state index < -0.39 is 0 Å². The van der Waals surface area contributed by atoms with E-state index in [1.165, 1.54) is 25.7 Å². The van der Waals surface area contributed by atoms with Crippen LogP contribution in [0.4, 0.5) is 0 Å². The largest absolute Gasteiger partial charge is 0.560 e. The molecule has 0 fully saturated rings. The van der Waals surface area contributed by atoms with Gasteiger partial charge in [0.2, 0.25) is 0 Å². The van der Waals surface area contributed by atoms with Crippen LogP contribution in [0, 0.1) is 6.92 Å². The van der Waals surface area contributed by atoms with Crippen molar-refractivity contribution in [2.75, 3.05) is 0 Å². The Labute approximate surface area is 92.7 Å². The van der Waals surface area contributed by atoms with Gasteiger partial charge < -0.3 is 0 Å². The van der Waals surface area contributed by atoms with Crippen LogP contribution in [0.5, 0.6) is 0 Å². The fourth-order valence-corrected chi connectivity index (χ4v) is 0.642. The monoisotopic (exact) mass is 293 g/mol. The van der Waals surface area contributed by atoms with Gasteiger partial charge in [-0.3, -0.25) is 25.8 Å². The van der Waals surface area contributed by atoms with Crippen LogP contribution in [0.3, 0.4) is 0 Å². The fourth-order valence-electron chi connectivity index (χ4n) is 0.642. The lowest BCUT2D eigenvalue weighted by Crippen LogP contribution is -1.72. The van der Waals surface area contributed by atoms with E-state index in [0.29, 0.717) is 0 Å². The van der Waals surface area contributed by atoms with Crippen molar-refractivity contribution in [1.82, 2.24) is 0 Å². The van der Waals surface area contributed by atoms with E-state index in [4.69, 9.17) is 0 Å². The maximum absolute atomic E-state index is 3.76. The third kappa shape index (κ3) is 24.6. The van der Waals surface area contributed by atoms with Crippen LogP contribution in [0.1, 0.15) is 32.1 Å². The quantitative estimate of drug-likeness (QED) is 0.404. The molecule has 11 heavy (non-hydrogen) atoms. The number of hydrogen-bond acceptors (Lipinski definition) is 0. The Morgan fingerprint density at radius 3 is 2.09 bits per heavy atom. The van der Waals surface area contributed by atoms with Gasteiger partial charge in [0.05, 0.1) is 0 Å². The van der Waals surface area contributed by atoms with Crippen molar-refractivity contribution in [3.05, 3.63) is 19.6 Å². The maximum atomic E-state index is 3.76.